The van der Waals surface area contributed by atoms with Crippen molar-refractivity contribution in [3.63, 3.8) is 0 Å². The fraction of sp³-hybridized carbons (Fsp3) is 0.667. The van der Waals surface area contributed by atoms with Gasteiger partial charge in [0.05, 0.1) is 12.6 Å². The molecular weight excluding hydrogens is 350 g/mol. The van der Waals surface area contributed by atoms with E-state index in [1.807, 2.05) is 13.8 Å². The Morgan fingerprint density at radius 1 is 1.54 bits per heavy atom. The van der Waals surface area contributed by atoms with Gasteiger partial charge in [-0.1, -0.05) is 20.3 Å². The van der Waals surface area contributed by atoms with Crippen LogP contribution >= 0.6 is 11.3 Å². The Balaban J connectivity index is 2.02. The molecule has 0 saturated carbocycles. The summed E-state index contributed by atoms with van der Waals surface area (Å²) in [5.74, 6) is -0.170. The van der Waals surface area contributed by atoms with Crippen LogP contribution in [0.25, 0.3) is 0 Å². The molecule has 2 atom stereocenters. The van der Waals surface area contributed by atoms with Crippen molar-refractivity contribution in [3.8, 4) is 0 Å². The number of carbonyl (C=O) groups excluding carboxylic acids is 2. The molecule has 0 bridgehead atoms. The third-order valence-corrected chi connectivity index (χ3v) is 7.18. The van der Waals surface area contributed by atoms with Gasteiger partial charge in [-0.05, 0) is 18.8 Å². The van der Waals surface area contributed by atoms with Gasteiger partial charge < -0.3 is 5.32 Å². The van der Waals surface area contributed by atoms with Crippen molar-refractivity contribution in [1.29, 1.82) is 0 Å². The van der Waals surface area contributed by atoms with Gasteiger partial charge in [-0.25, -0.2) is 13.4 Å². The van der Waals surface area contributed by atoms with Crippen LogP contribution < -0.4 is 5.32 Å². The summed E-state index contributed by atoms with van der Waals surface area (Å²) in [4.78, 5) is 28.2. The van der Waals surface area contributed by atoms with E-state index in [0.717, 1.165) is 22.1 Å². The molecule has 134 valence electrons. The lowest BCUT2D eigenvalue weighted by molar-refractivity contribution is -0.128. The van der Waals surface area contributed by atoms with Gasteiger partial charge in [-0.15, -0.1) is 11.3 Å². The maximum absolute atomic E-state index is 12.5. The van der Waals surface area contributed by atoms with Gasteiger partial charge in [-0.2, -0.15) is 4.31 Å². The first kappa shape index (κ1) is 19.0. The maximum Gasteiger partial charge on any atom is 0.270 e. The van der Waals surface area contributed by atoms with Crippen molar-refractivity contribution < 1.29 is 18.0 Å². The molecule has 1 aliphatic rings. The van der Waals surface area contributed by atoms with Crippen LogP contribution in [0.2, 0.25) is 0 Å². The highest BCUT2D eigenvalue weighted by Gasteiger charge is 2.34. The van der Waals surface area contributed by atoms with E-state index in [1.165, 1.54) is 6.20 Å². The fourth-order valence-corrected chi connectivity index (χ4v) is 4.93. The number of hydrogen-bond acceptors (Lipinski definition) is 6. The molecule has 9 heteroatoms. The molecule has 1 saturated heterocycles. The summed E-state index contributed by atoms with van der Waals surface area (Å²) in [5.41, 5.74) is 0. The second-order valence-electron chi connectivity index (χ2n) is 6.08. The van der Waals surface area contributed by atoms with E-state index in [-0.39, 0.29) is 35.0 Å². The quantitative estimate of drug-likeness (QED) is 0.813. The molecule has 1 unspecified atom stereocenters. The molecule has 0 aliphatic carbocycles. The molecule has 1 aliphatic heterocycles. The van der Waals surface area contributed by atoms with Crippen LogP contribution in [-0.4, -0.2) is 48.5 Å². The average molecular weight is 374 g/mol. The highest BCUT2D eigenvalue weighted by molar-refractivity contribution is 7.91. The molecule has 2 rings (SSSR count). The Kier molecular flexibility index (Phi) is 6.47. The normalized spacial score (nSPS) is 21.2. The predicted octanol–water partition coefficient (Wildman–Crippen LogP) is 1.42. The Hall–Kier alpha value is -1.32. The molecular formula is C15H23N3O4S2. The summed E-state index contributed by atoms with van der Waals surface area (Å²) in [6.45, 7) is 4.02. The van der Waals surface area contributed by atoms with Gasteiger partial charge >= 0.3 is 0 Å². The summed E-state index contributed by atoms with van der Waals surface area (Å²) in [6, 6.07) is -0.613. The highest BCUT2D eigenvalue weighted by atomic mass is 32.2. The van der Waals surface area contributed by atoms with Crippen molar-refractivity contribution in [3.05, 3.63) is 11.6 Å². The lowest BCUT2D eigenvalue weighted by atomic mass is 10.0. The van der Waals surface area contributed by atoms with E-state index in [1.54, 1.807) is 5.38 Å². The SMILES string of the molecule is CC[C@H](C)CC(=O)NC1CCCN(S(=O)(=O)c2nccs2)CC1=O. The molecule has 0 spiro atoms. The molecule has 0 aromatic carbocycles. The van der Waals surface area contributed by atoms with Gasteiger partial charge in [0.15, 0.2) is 5.78 Å². The van der Waals surface area contributed by atoms with E-state index >= 15 is 0 Å². The second kappa shape index (κ2) is 8.17. The van der Waals surface area contributed by atoms with Crippen molar-refractivity contribution in [2.75, 3.05) is 13.1 Å². The summed E-state index contributed by atoms with van der Waals surface area (Å²) in [7, 11) is -3.74. The monoisotopic (exact) mass is 373 g/mol. The van der Waals surface area contributed by atoms with Crippen LogP contribution in [0.5, 0.6) is 0 Å². The summed E-state index contributed by atoms with van der Waals surface area (Å²) in [6.07, 6.45) is 3.67. The molecule has 7 nitrogen and oxygen atoms in total. The van der Waals surface area contributed by atoms with E-state index in [2.05, 4.69) is 10.3 Å². The summed E-state index contributed by atoms with van der Waals surface area (Å²) < 4.78 is 26.1. The minimum atomic E-state index is -3.74. The van der Waals surface area contributed by atoms with Gasteiger partial charge in [-0.3, -0.25) is 9.59 Å². The minimum Gasteiger partial charge on any atom is -0.346 e. The standard InChI is InChI=1S/C15H23N3O4S2/c1-3-11(2)9-14(20)17-12-5-4-7-18(10-13(12)19)24(21,22)15-16-6-8-23-15/h6,8,11-12H,3-5,7,9-10H2,1-2H3,(H,17,20)/t11-,12?/m0/s1. The molecule has 2 heterocycles. The molecule has 1 N–H and O–H groups in total. The van der Waals surface area contributed by atoms with E-state index < -0.39 is 16.1 Å². The Morgan fingerprint density at radius 2 is 2.29 bits per heavy atom. The van der Waals surface area contributed by atoms with Gasteiger partial charge in [0.25, 0.3) is 10.0 Å². The van der Waals surface area contributed by atoms with Crippen LogP contribution in [0.4, 0.5) is 0 Å². The smallest absolute Gasteiger partial charge is 0.270 e. The Labute approximate surface area is 146 Å². The number of aromatic nitrogens is 1. The number of sulfonamides is 1. The first-order valence-electron chi connectivity index (χ1n) is 8.06. The summed E-state index contributed by atoms with van der Waals surface area (Å²) >= 11 is 1.03. The highest BCUT2D eigenvalue weighted by Crippen LogP contribution is 2.21. The van der Waals surface area contributed by atoms with Gasteiger partial charge in [0, 0.05) is 24.5 Å². The lowest BCUT2D eigenvalue weighted by Crippen LogP contribution is -2.44. The van der Waals surface area contributed by atoms with Crippen LogP contribution in [-0.2, 0) is 19.6 Å². The molecule has 1 aromatic rings. The molecule has 24 heavy (non-hydrogen) atoms. The number of carbonyl (C=O) groups is 2. The van der Waals surface area contributed by atoms with Crippen molar-refractivity contribution in [2.45, 2.75) is 49.9 Å². The third-order valence-electron chi connectivity index (χ3n) is 4.16. The zero-order chi connectivity index (χ0) is 17.7. The van der Waals surface area contributed by atoms with E-state index in [4.69, 9.17) is 0 Å². The fourth-order valence-electron chi connectivity index (χ4n) is 2.52. The zero-order valence-corrected chi connectivity index (χ0v) is 15.5. The van der Waals surface area contributed by atoms with Crippen LogP contribution in [0.15, 0.2) is 15.9 Å². The number of amides is 1. The Morgan fingerprint density at radius 3 is 2.92 bits per heavy atom. The minimum absolute atomic E-state index is 0.00504. The van der Waals surface area contributed by atoms with Crippen LogP contribution in [0.1, 0.15) is 39.5 Å². The molecule has 1 aromatic heterocycles. The predicted molar refractivity (Wildman–Crippen MR) is 91.1 cm³/mol. The first-order chi connectivity index (χ1) is 11.3. The first-order valence-corrected chi connectivity index (χ1v) is 10.4. The number of nitrogens with zero attached hydrogens (tertiary/aromatic N) is 2. The van der Waals surface area contributed by atoms with Crippen molar-refractivity contribution >= 4 is 33.1 Å². The van der Waals surface area contributed by atoms with Gasteiger partial charge in [0.2, 0.25) is 10.2 Å². The van der Waals surface area contributed by atoms with Gasteiger partial charge in [0.1, 0.15) is 0 Å². The van der Waals surface area contributed by atoms with Crippen LogP contribution in [0.3, 0.4) is 0 Å². The third kappa shape index (κ3) is 4.61. The number of Topliss-reactive ketones (excluding diaryl/α,β-unsaturated/α-hetero) is 1. The van der Waals surface area contributed by atoms with Crippen molar-refractivity contribution in [2.24, 2.45) is 5.92 Å². The zero-order valence-electron chi connectivity index (χ0n) is 13.9. The number of hydrogen-bond donors (Lipinski definition) is 1. The topological polar surface area (TPSA) is 96.4 Å². The van der Waals surface area contributed by atoms with E-state index in [9.17, 15) is 18.0 Å². The molecule has 0 radical (unpaired) electrons. The number of rotatable bonds is 6. The summed E-state index contributed by atoms with van der Waals surface area (Å²) in [5, 5.41) is 4.35. The number of nitrogens with one attached hydrogen (secondary N) is 1. The Bertz CT molecular complexity index is 673. The number of thiazole rings is 1. The lowest BCUT2D eigenvalue weighted by Gasteiger charge is -2.18. The number of ketones is 1. The molecule has 1 amide bonds. The maximum atomic E-state index is 12.5. The van der Waals surface area contributed by atoms with E-state index in [0.29, 0.717) is 19.3 Å². The molecule has 1 fully saturated rings. The van der Waals surface area contributed by atoms with Crippen molar-refractivity contribution in [1.82, 2.24) is 14.6 Å². The average Bonchev–Trinajstić information content (AvgIpc) is 3.01. The second-order valence-corrected chi connectivity index (χ2v) is 9.09. The largest absolute Gasteiger partial charge is 0.346 e. The van der Waals surface area contributed by atoms with Crippen LogP contribution in [0, 0.1) is 5.92 Å².